The minimum absolute atomic E-state index is 0.0553. The summed E-state index contributed by atoms with van der Waals surface area (Å²) in [6.45, 7) is 3.89. The molecular formula is C14H14F2N2O. The van der Waals surface area contributed by atoms with E-state index >= 15 is 0 Å². The Kier molecular flexibility index (Phi) is 3.64. The maximum absolute atomic E-state index is 13.6. The van der Waals surface area contributed by atoms with Gasteiger partial charge in [-0.15, -0.1) is 0 Å². The largest absolute Gasteiger partial charge is 0.436 e. The topological polar surface area (TPSA) is 34.2 Å². The van der Waals surface area contributed by atoms with E-state index in [1.807, 2.05) is 19.9 Å². The average Bonchev–Trinajstić information content (AvgIpc) is 2.37. The molecular weight excluding hydrogens is 250 g/mol. The fourth-order valence-electron chi connectivity index (χ4n) is 1.59. The van der Waals surface area contributed by atoms with Gasteiger partial charge in [-0.1, -0.05) is 6.07 Å². The average molecular weight is 264 g/mol. The number of hydrogen-bond donors (Lipinski definition) is 1. The van der Waals surface area contributed by atoms with E-state index in [9.17, 15) is 8.78 Å². The zero-order valence-electron chi connectivity index (χ0n) is 10.9. The van der Waals surface area contributed by atoms with Crippen molar-refractivity contribution in [3.05, 3.63) is 47.0 Å². The Labute approximate surface area is 110 Å². The van der Waals surface area contributed by atoms with E-state index in [1.54, 1.807) is 12.1 Å². The lowest BCUT2D eigenvalue weighted by Crippen LogP contribution is -2.01. The number of pyridine rings is 1. The number of hydrogen-bond acceptors (Lipinski definition) is 3. The molecule has 0 bridgehead atoms. The summed E-state index contributed by atoms with van der Waals surface area (Å²) >= 11 is 0. The van der Waals surface area contributed by atoms with Crippen molar-refractivity contribution < 1.29 is 13.5 Å². The first kappa shape index (κ1) is 13.3. The molecule has 0 radical (unpaired) electrons. The summed E-state index contributed by atoms with van der Waals surface area (Å²) < 4.78 is 32.2. The highest BCUT2D eigenvalue weighted by Crippen LogP contribution is 2.26. The molecule has 0 aliphatic heterocycles. The third kappa shape index (κ3) is 2.81. The highest BCUT2D eigenvalue weighted by atomic mass is 19.1. The Morgan fingerprint density at radius 1 is 1.05 bits per heavy atom. The number of nitrogens with one attached hydrogen (secondary N) is 1. The van der Waals surface area contributed by atoms with Crippen molar-refractivity contribution in [2.75, 3.05) is 12.4 Å². The van der Waals surface area contributed by atoms with Gasteiger partial charge >= 0.3 is 0 Å². The van der Waals surface area contributed by atoms with Crippen LogP contribution in [0.4, 0.5) is 14.6 Å². The van der Waals surface area contributed by atoms with E-state index in [2.05, 4.69) is 10.3 Å². The van der Waals surface area contributed by atoms with Gasteiger partial charge in [0.25, 0.3) is 5.88 Å². The summed E-state index contributed by atoms with van der Waals surface area (Å²) in [4.78, 5) is 3.75. The molecule has 0 atom stereocenters. The monoisotopic (exact) mass is 264 g/mol. The second-order valence-electron chi connectivity index (χ2n) is 4.20. The summed E-state index contributed by atoms with van der Waals surface area (Å²) in [5, 5.41) is 2.54. The predicted octanol–water partition coefficient (Wildman–Crippen LogP) is 3.81. The second kappa shape index (κ2) is 5.22. The van der Waals surface area contributed by atoms with Crippen LogP contribution in [0, 0.1) is 25.5 Å². The van der Waals surface area contributed by atoms with Crippen LogP contribution in [0.15, 0.2) is 24.3 Å². The fourth-order valence-corrected chi connectivity index (χ4v) is 1.59. The van der Waals surface area contributed by atoms with Crippen molar-refractivity contribution >= 4 is 5.82 Å². The van der Waals surface area contributed by atoms with Gasteiger partial charge in [0, 0.05) is 13.1 Å². The van der Waals surface area contributed by atoms with Crippen LogP contribution < -0.4 is 10.1 Å². The standard InChI is InChI=1S/C14H14F2N2O/c1-8-4-5-10(6-9(8)2)19-14-12(16)7-11(15)13(17-3)18-14/h4-7H,1-3H3,(H,17,18). The smallest absolute Gasteiger partial charge is 0.258 e. The van der Waals surface area contributed by atoms with Crippen molar-refractivity contribution in [2.24, 2.45) is 0 Å². The Morgan fingerprint density at radius 2 is 1.79 bits per heavy atom. The van der Waals surface area contributed by atoms with Crippen LogP contribution in [0.25, 0.3) is 0 Å². The molecule has 1 aromatic heterocycles. The highest BCUT2D eigenvalue weighted by molar-refractivity contribution is 5.41. The molecule has 1 aromatic carbocycles. The maximum Gasteiger partial charge on any atom is 0.258 e. The van der Waals surface area contributed by atoms with Gasteiger partial charge in [-0.2, -0.15) is 4.98 Å². The molecule has 100 valence electrons. The van der Waals surface area contributed by atoms with Crippen LogP contribution in [-0.4, -0.2) is 12.0 Å². The predicted molar refractivity (Wildman–Crippen MR) is 69.7 cm³/mol. The van der Waals surface area contributed by atoms with Crippen LogP contribution >= 0.6 is 0 Å². The van der Waals surface area contributed by atoms with E-state index in [0.717, 1.165) is 17.2 Å². The molecule has 0 aliphatic carbocycles. The third-order valence-corrected chi connectivity index (χ3v) is 2.83. The molecule has 0 saturated carbocycles. The number of anilines is 1. The molecule has 0 amide bonds. The van der Waals surface area contributed by atoms with E-state index in [-0.39, 0.29) is 11.7 Å². The van der Waals surface area contributed by atoms with E-state index in [1.165, 1.54) is 7.05 Å². The Hall–Kier alpha value is -2.17. The van der Waals surface area contributed by atoms with Crippen LogP contribution in [0.3, 0.4) is 0 Å². The number of ether oxygens (including phenoxy) is 1. The number of benzene rings is 1. The van der Waals surface area contributed by atoms with Gasteiger partial charge in [-0.3, -0.25) is 0 Å². The lowest BCUT2D eigenvalue weighted by Gasteiger charge is -2.09. The van der Waals surface area contributed by atoms with Gasteiger partial charge in [0.2, 0.25) is 0 Å². The molecule has 19 heavy (non-hydrogen) atoms. The van der Waals surface area contributed by atoms with Gasteiger partial charge in [-0.05, 0) is 37.1 Å². The first-order chi connectivity index (χ1) is 9.01. The summed E-state index contributed by atoms with van der Waals surface area (Å²) in [6, 6.07) is 6.10. The normalized spacial score (nSPS) is 10.4. The summed E-state index contributed by atoms with van der Waals surface area (Å²) in [6.07, 6.45) is 0. The first-order valence-electron chi connectivity index (χ1n) is 5.80. The molecule has 3 nitrogen and oxygen atoms in total. The van der Waals surface area contributed by atoms with Gasteiger partial charge in [0.05, 0.1) is 0 Å². The van der Waals surface area contributed by atoms with Crippen LogP contribution in [0.5, 0.6) is 11.6 Å². The molecule has 0 aliphatic rings. The van der Waals surface area contributed by atoms with Crippen molar-refractivity contribution in [1.29, 1.82) is 0 Å². The van der Waals surface area contributed by atoms with Crippen molar-refractivity contribution in [3.63, 3.8) is 0 Å². The summed E-state index contributed by atoms with van der Waals surface area (Å²) in [7, 11) is 1.50. The molecule has 1 heterocycles. The zero-order valence-corrected chi connectivity index (χ0v) is 10.9. The molecule has 2 aromatic rings. The number of rotatable bonds is 3. The maximum atomic E-state index is 13.6. The number of nitrogens with zero attached hydrogens (tertiary/aromatic N) is 1. The minimum atomic E-state index is -0.838. The van der Waals surface area contributed by atoms with Crippen LogP contribution in [0.2, 0.25) is 0 Å². The van der Waals surface area contributed by atoms with Gasteiger partial charge in [0.1, 0.15) is 5.75 Å². The second-order valence-corrected chi connectivity index (χ2v) is 4.20. The molecule has 0 fully saturated rings. The van der Waals surface area contributed by atoms with Crippen molar-refractivity contribution in [2.45, 2.75) is 13.8 Å². The van der Waals surface area contributed by atoms with Crippen molar-refractivity contribution in [3.8, 4) is 11.6 Å². The Balaban J connectivity index is 2.34. The fraction of sp³-hybridized carbons (Fsp3) is 0.214. The molecule has 0 spiro atoms. The van der Waals surface area contributed by atoms with Gasteiger partial charge < -0.3 is 10.1 Å². The summed E-state index contributed by atoms with van der Waals surface area (Å²) in [5.74, 6) is -1.44. The van der Waals surface area contributed by atoms with Gasteiger partial charge in [0.15, 0.2) is 17.5 Å². The Morgan fingerprint density at radius 3 is 2.42 bits per heavy atom. The first-order valence-corrected chi connectivity index (χ1v) is 5.80. The molecule has 5 heteroatoms. The highest BCUT2D eigenvalue weighted by Gasteiger charge is 2.13. The van der Waals surface area contributed by atoms with Crippen LogP contribution in [-0.2, 0) is 0 Å². The molecule has 2 rings (SSSR count). The number of aromatic nitrogens is 1. The molecule has 0 unspecified atom stereocenters. The number of halogens is 2. The lowest BCUT2D eigenvalue weighted by molar-refractivity contribution is 0.418. The van der Waals surface area contributed by atoms with E-state index in [4.69, 9.17) is 4.74 Å². The zero-order chi connectivity index (χ0) is 14.0. The molecule has 0 saturated heterocycles. The minimum Gasteiger partial charge on any atom is -0.436 e. The Bertz CT molecular complexity index is 615. The SMILES string of the molecule is CNc1nc(Oc2ccc(C)c(C)c2)c(F)cc1F. The lowest BCUT2D eigenvalue weighted by atomic mass is 10.1. The molecule has 1 N–H and O–H groups in total. The van der Waals surface area contributed by atoms with E-state index < -0.39 is 11.6 Å². The van der Waals surface area contributed by atoms with Crippen molar-refractivity contribution in [1.82, 2.24) is 4.98 Å². The van der Waals surface area contributed by atoms with Gasteiger partial charge in [-0.25, -0.2) is 8.78 Å². The summed E-state index contributed by atoms with van der Waals surface area (Å²) in [5.41, 5.74) is 2.13. The van der Waals surface area contributed by atoms with Crippen LogP contribution in [0.1, 0.15) is 11.1 Å². The third-order valence-electron chi connectivity index (χ3n) is 2.83. The quantitative estimate of drug-likeness (QED) is 0.915. The van der Waals surface area contributed by atoms with E-state index in [0.29, 0.717) is 5.75 Å². The number of aryl methyl sites for hydroxylation is 2.